The highest BCUT2D eigenvalue weighted by molar-refractivity contribution is 7.98. The van der Waals surface area contributed by atoms with Crippen molar-refractivity contribution in [1.82, 2.24) is 0 Å². The Hall–Kier alpha value is -3.98. The molecule has 6 rings (SSSR count). The van der Waals surface area contributed by atoms with Crippen LogP contribution < -0.4 is 10.6 Å². The molecule has 1 unspecified atom stereocenters. The van der Waals surface area contributed by atoms with E-state index in [0.29, 0.717) is 34.8 Å². The number of halogens is 1. The van der Waals surface area contributed by atoms with Gasteiger partial charge in [-0.25, -0.2) is 0 Å². The molecule has 0 saturated heterocycles. The van der Waals surface area contributed by atoms with Crippen LogP contribution in [0.3, 0.4) is 0 Å². The first-order chi connectivity index (χ1) is 20.6. The van der Waals surface area contributed by atoms with E-state index >= 15 is 0 Å². The van der Waals surface area contributed by atoms with E-state index in [9.17, 15) is 10.1 Å². The Bertz CT molecular complexity index is 1880. The molecule has 216 valence electrons. The van der Waals surface area contributed by atoms with Gasteiger partial charge in [0.1, 0.15) is 5.82 Å². The van der Waals surface area contributed by atoms with E-state index in [1.165, 1.54) is 11.1 Å². The summed E-state index contributed by atoms with van der Waals surface area (Å²) in [5, 5.41) is 13.5. The smallest absolute Gasteiger partial charge is 0.162 e. The van der Waals surface area contributed by atoms with Crippen LogP contribution >= 0.6 is 23.4 Å². The molecule has 1 aliphatic carbocycles. The number of hydrogen-bond donors (Lipinski definition) is 1. The maximum absolute atomic E-state index is 14.2. The van der Waals surface area contributed by atoms with Crippen molar-refractivity contribution in [3.8, 4) is 6.07 Å². The number of thioether (sulfide) groups is 1. The molecule has 2 aliphatic rings. The van der Waals surface area contributed by atoms with E-state index in [2.05, 4.69) is 64.1 Å². The second kappa shape index (κ2) is 11.3. The fourth-order valence-electron chi connectivity index (χ4n) is 6.57. The van der Waals surface area contributed by atoms with Crippen LogP contribution in [0.1, 0.15) is 54.9 Å². The van der Waals surface area contributed by atoms with E-state index < -0.39 is 5.92 Å². The molecular weight excluding hydrogens is 570 g/mol. The number of benzene rings is 4. The van der Waals surface area contributed by atoms with Gasteiger partial charge in [0.2, 0.25) is 0 Å². The molecule has 0 aromatic heterocycles. The van der Waals surface area contributed by atoms with Gasteiger partial charge in [-0.15, -0.1) is 11.8 Å². The van der Waals surface area contributed by atoms with Crippen LogP contribution in [0.4, 0.5) is 5.69 Å². The summed E-state index contributed by atoms with van der Waals surface area (Å²) in [7, 11) is 0. The zero-order valence-corrected chi connectivity index (χ0v) is 26.4. The van der Waals surface area contributed by atoms with Gasteiger partial charge in [0.25, 0.3) is 0 Å². The van der Waals surface area contributed by atoms with Gasteiger partial charge in [-0.05, 0) is 83.7 Å². The number of anilines is 1. The third-order valence-electron chi connectivity index (χ3n) is 8.63. The summed E-state index contributed by atoms with van der Waals surface area (Å²) in [5.74, 6) is 0.711. The molecule has 2 N–H and O–H groups in total. The molecule has 0 spiro atoms. The average Bonchev–Trinajstić information content (AvgIpc) is 2.96. The van der Waals surface area contributed by atoms with E-state index in [0.717, 1.165) is 43.9 Å². The Morgan fingerprint density at radius 1 is 1.00 bits per heavy atom. The summed E-state index contributed by atoms with van der Waals surface area (Å²) < 4.78 is 0. The highest BCUT2D eigenvalue weighted by atomic mass is 35.5. The van der Waals surface area contributed by atoms with Gasteiger partial charge in [0.05, 0.1) is 23.2 Å². The van der Waals surface area contributed by atoms with Crippen molar-refractivity contribution in [3.63, 3.8) is 0 Å². The van der Waals surface area contributed by atoms with Gasteiger partial charge in [0.15, 0.2) is 5.78 Å². The highest BCUT2D eigenvalue weighted by Gasteiger charge is 2.45. The molecule has 43 heavy (non-hydrogen) atoms. The number of nitrogens with two attached hydrogens (primary N) is 1. The number of aryl methyl sites for hydroxylation is 2. The van der Waals surface area contributed by atoms with Gasteiger partial charge in [-0.2, -0.15) is 5.26 Å². The maximum Gasteiger partial charge on any atom is 0.162 e. The van der Waals surface area contributed by atoms with E-state index in [-0.39, 0.29) is 11.2 Å². The SMILES string of the molecule is Cc1cc(C)c(C2C(C#N)=C(N)N(c3cccc4ccccc34)C3=C2C(=O)CC(C)(C)C3)cc1CSc1ccc(Cl)cc1. The minimum absolute atomic E-state index is 0.0822. The van der Waals surface area contributed by atoms with Gasteiger partial charge < -0.3 is 5.73 Å². The van der Waals surface area contributed by atoms with E-state index in [1.807, 2.05) is 53.4 Å². The summed E-state index contributed by atoms with van der Waals surface area (Å²) in [6.45, 7) is 8.45. The number of hydrogen-bond acceptors (Lipinski definition) is 5. The second-order valence-corrected chi connectivity index (χ2v) is 13.8. The standard InChI is InChI=1S/C37H34ClN3OS/c1-22-16-23(2)29(17-25(22)21-43-27-14-12-26(38)13-15-27)34-30(20-39)36(40)41(32-18-37(3,4)19-33(42)35(32)34)31-11-7-9-24-8-5-6-10-28(24)31/h5-17,34H,18-19,21,40H2,1-4H3. The fourth-order valence-corrected chi connectivity index (χ4v) is 7.66. The van der Waals surface area contributed by atoms with Crippen molar-refractivity contribution in [2.75, 3.05) is 4.90 Å². The Morgan fingerprint density at radius 2 is 1.72 bits per heavy atom. The van der Waals surface area contributed by atoms with Crippen molar-refractivity contribution >= 4 is 45.6 Å². The highest BCUT2D eigenvalue weighted by Crippen LogP contribution is 2.51. The molecule has 4 aromatic rings. The van der Waals surface area contributed by atoms with Gasteiger partial charge in [-0.3, -0.25) is 9.69 Å². The number of nitrogens with zero attached hydrogens (tertiary/aromatic N) is 2. The average molecular weight is 604 g/mol. The largest absolute Gasteiger partial charge is 0.384 e. The number of nitriles is 1. The van der Waals surface area contributed by atoms with Crippen molar-refractivity contribution in [1.29, 1.82) is 5.26 Å². The Labute approximate surface area is 262 Å². The van der Waals surface area contributed by atoms with Crippen LogP contribution in [0, 0.1) is 30.6 Å². The van der Waals surface area contributed by atoms with Gasteiger partial charge >= 0.3 is 0 Å². The van der Waals surface area contributed by atoms with Crippen LogP contribution in [0.2, 0.25) is 5.02 Å². The number of allylic oxidation sites excluding steroid dienone is 3. The molecule has 4 aromatic carbocycles. The molecule has 0 bridgehead atoms. The summed E-state index contributed by atoms with van der Waals surface area (Å²) in [6.07, 6.45) is 1.10. The number of ketones is 1. The Morgan fingerprint density at radius 3 is 2.47 bits per heavy atom. The van der Waals surface area contributed by atoms with Gasteiger partial charge in [-0.1, -0.05) is 74.0 Å². The zero-order chi connectivity index (χ0) is 30.5. The monoisotopic (exact) mass is 603 g/mol. The number of rotatable bonds is 5. The molecule has 1 heterocycles. The first kappa shape index (κ1) is 29.1. The number of carbonyl (C=O) groups excluding carboxylic acids is 1. The van der Waals surface area contributed by atoms with Crippen LogP contribution in [0.5, 0.6) is 0 Å². The lowest BCUT2D eigenvalue weighted by atomic mass is 9.68. The van der Waals surface area contributed by atoms with Crippen LogP contribution in [0.15, 0.2) is 106 Å². The molecule has 1 atom stereocenters. The first-order valence-corrected chi connectivity index (χ1v) is 15.9. The molecule has 4 nitrogen and oxygen atoms in total. The lowest BCUT2D eigenvalue weighted by Crippen LogP contribution is -2.42. The third-order valence-corrected chi connectivity index (χ3v) is 9.94. The number of Topliss-reactive ketones (excluding diaryl/α,β-unsaturated/α-hetero) is 1. The van der Waals surface area contributed by atoms with Crippen molar-refractivity contribution in [3.05, 3.63) is 129 Å². The molecule has 0 amide bonds. The predicted molar refractivity (Wildman–Crippen MR) is 178 cm³/mol. The minimum atomic E-state index is -0.519. The van der Waals surface area contributed by atoms with Crippen LogP contribution in [-0.2, 0) is 10.5 Å². The lowest BCUT2D eigenvalue weighted by Gasteiger charge is -2.44. The molecule has 0 radical (unpaired) electrons. The number of carbonyl (C=O) groups is 1. The fraction of sp³-hybridized carbons (Fsp3) is 0.243. The third kappa shape index (κ3) is 5.35. The van der Waals surface area contributed by atoms with E-state index in [1.54, 1.807) is 11.8 Å². The molecule has 6 heteroatoms. The lowest BCUT2D eigenvalue weighted by molar-refractivity contribution is -0.118. The predicted octanol–water partition coefficient (Wildman–Crippen LogP) is 9.34. The Balaban J connectivity index is 1.53. The van der Waals surface area contributed by atoms with Crippen LogP contribution in [-0.4, -0.2) is 5.78 Å². The van der Waals surface area contributed by atoms with Crippen molar-refractivity contribution < 1.29 is 4.79 Å². The second-order valence-electron chi connectivity index (χ2n) is 12.4. The van der Waals surface area contributed by atoms with Crippen molar-refractivity contribution in [2.24, 2.45) is 11.1 Å². The molecule has 1 aliphatic heterocycles. The summed E-state index contributed by atoms with van der Waals surface area (Å²) in [6, 6.07) is 28.9. The molecule has 0 fully saturated rings. The van der Waals surface area contributed by atoms with Gasteiger partial charge in [0, 0.05) is 38.7 Å². The molecular formula is C37H34ClN3OS. The quantitative estimate of drug-likeness (QED) is 0.230. The summed E-state index contributed by atoms with van der Waals surface area (Å²) in [4.78, 5) is 17.3. The number of fused-ring (bicyclic) bond motifs is 1. The maximum atomic E-state index is 14.2. The summed E-state index contributed by atoms with van der Waals surface area (Å²) in [5.41, 5.74) is 14.0. The molecule has 0 saturated carbocycles. The van der Waals surface area contributed by atoms with Crippen LogP contribution in [0.25, 0.3) is 10.8 Å². The minimum Gasteiger partial charge on any atom is -0.384 e. The van der Waals surface area contributed by atoms with E-state index in [4.69, 9.17) is 17.3 Å². The topological polar surface area (TPSA) is 70.1 Å². The first-order valence-electron chi connectivity index (χ1n) is 14.5. The van der Waals surface area contributed by atoms with Crippen molar-refractivity contribution in [2.45, 2.75) is 57.1 Å². The normalized spacial score (nSPS) is 18.2. The summed E-state index contributed by atoms with van der Waals surface area (Å²) >= 11 is 7.83. The Kier molecular flexibility index (Phi) is 7.62. The zero-order valence-electron chi connectivity index (χ0n) is 24.9.